The van der Waals surface area contributed by atoms with E-state index >= 15 is 0 Å². The van der Waals surface area contributed by atoms with Crippen LogP contribution in [0.3, 0.4) is 0 Å². The minimum absolute atomic E-state index is 0.109. The maximum Gasteiger partial charge on any atom is 0.243 e. The van der Waals surface area contributed by atoms with Gasteiger partial charge in [-0.25, -0.2) is 0 Å². The molecule has 4 nitrogen and oxygen atoms in total. The van der Waals surface area contributed by atoms with Gasteiger partial charge < -0.3 is 10.2 Å². The van der Waals surface area contributed by atoms with Gasteiger partial charge in [-0.1, -0.05) is 83.9 Å². The zero-order chi connectivity index (χ0) is 23.6. The third-order valence-corrected chi connectivity index (χ3v) is 6.03. The number of halogens is 2. The summed E-state index contributed by atoms with van der Waals surface area (Å²) >= 11 is 12.5. The molecule has 0 aliphatic carbocycles. The minimum Gasteiger partial charge on any atom is -0.355 e. The normalized spacial score (nSPS) is 11.6. The lowest BCUT2D eigenvalue weighted by Crippen LogP contribution is -2.50. The van der Waals surface area contributed by atoms with Gasteiger partial charge in [0.05, 0.1) is 0 Å². The van der Waals surface area contributed by atoms with E-state index in [2.05, 4.69) is 5.32 Å². The molecule has 0 aliphatic heterocycles. The maximum absolute atomic E-state index is 13.5. The molecule has 0 saturated heterocycles. The summed E-state index contributed by atoms with van der Waals surface area (Å²) in [5, 5.41) is 4.13. The Hall–Kier alpha value is -2.82. The summed E-state index contributed by atoms with van der Waals surface area (Å²) in [6.07, 6.45) is 1.16. The molecule has 1 N–H and O–H groups in total. The molecule has 33 heavy (non-hydrogen) atoms. The van der Waals surface area contributed by atoms with Crippen LogP contribution in [0.1, 0.15) is 30.0 Å². The Morgan fingerprint density at radius 1 is 0.909 bits per heavy atom. The van der Waals surface area contributed by atoms with Crippen LogP contribution in [0.25, 0.3) is 0 Å². The lowest BCUT2D eigenvalue weighted by molar-refractivity contribution is -0.141. The molecule has 0 bridgehead atoms. The average molecular weight is 483 g/mol. The largest absolute Gasteiger partial charge is 0.355 e. The molecule has 1 unspecified atom stereocenters. The van der Waals surface area contributed by atoms with E-state index < -0.39 is 6.04 Å². The molecule has 6 heteroatoms. The summed E-state index contributed by atoms with van der Waals surface area (Å²) in [6, 6.07) is 24.0. The number of likely N-dealkylation sites (N-methyl/N-ethyl adjacent to an activating group) is 1. The first-order chi connectivity index (χ1) is 16.0. The number of aryl methyl sites for hydroxylation is 1. The number of benzene rings is 3. The van der Waals surface area contributed by atoms with Crippen molar-refractivity contribution in [2.24, 2.45) is 0 Å². The number of rotatable bonds is 10. The van der Waals surface area contributed by atoms with Gasteiger partial charge in [0.2, 0.25) is 11.8 Å². The van der Waals surface area contributed by atoms with Crippen molar-refractivity contribution in [2.75, 3.05) is 6.54 Å². The highest BCUT2D eigenvalue weighted by molar-refractivity contribution is 6.31. The lowest BCUT2D eigenvalue weighted by atomic mass is 10.0. The second kappa shape index (κ2) is 12.4. The summed E-state index contributed by atoms with van der Waals surface area (Å²) in [5.41, 5.74) is 2.77. The molecule has 172 valence electrons. The van der Waals surface area contributed by atoms with Crippen molar-refractivity contribution in [2.45, 2.75) is 38.8 Å². The van der Waals surface area contributed by atoms with E-state index in [0.29, 0.717) is 29.4 Å². The molecule has 1 atom stereocenters. The fourth-order valence-electron chi connectivity index (χ4n) is 3.76. The maximum atomic E-state index is 13.5. The summed E-state index contributed by atoms with van der Waals surface area (Å²) < 4.78 is 0. The first-order valence-electron chi connectivity index (χ1n) is 11.1. The second-order valence-electron chi connectivity index (χ2n) is 7.84. The van der Waals surface area contributed by atoms with Gasteiger partial charge in [0.1, 0.15) is 6.04 Å². The predicted molar refractivity (Wildman–Crippen MR) is 134 cm³/mol. The Kier molecular flexibility index (Phi) is 9.35. The van der Waals surface area contributed by atoms with E-state index in [4.69, 9.17) is 23.2 Å². The topological polar surface area (TPSA) is 49.4 Å². The highest BCUT2D eigenvalue weighted by Crippen LogP contribution is 2.21. The summed E-state index contributed by atoms with van der Waals surface area (Å²) in [7, 11) is 0. The number of carbonyl (C=O) groups is 2. The van der Waals surface area contributed by atoms with Crippen molar-refractivity contribution in [1.29, 1.82) is 0 Å². The molecule has 0 fully saturated rings. The van der Waals surface area contributed by atoms with Crippen LogP contribution >= 0.6 is 23.2 Å². The zero-order valence-electron chi connectivity index (χ0n) is 18.6. The van der Waals surface area contributed by atoms with E-state index in [9.17, 15) is 9.59 Å². The van der Waals surface area contributed by atoms with Crippen molar-refractivity contribution >= 4 is 35.0 Å². The lowest BCUT2D eigenvalue weighted by Gasteiger charge is -2.31. The molecule has 2 amide bonds. The van der Waals surface area contributed by atoms with Gasteiger partial charge in [0.15, 0.2) is 0 Å². The van der Waals surface area contributed by atoms with Gasteiger partial charge in [-0.15, -0.1) is 0 Å². The fourth-order valence-corrected chi connectivity index (χ4v) is 4.21. The highest BCUT2D eigenvalue weighted by atomic mass is 35.5. The number of nitrogens with zero attached hydrogens (tertiary/aromatic N) is 1. The highest BCUT2D eigenvalue weighted by Gasteiger charge is 2.30. The first-order valence-corrected chi connectivity index (χ1v) is 11.8. The van der Waals surface area contributed by atoms with Crippen molar-refractivity contribution < 1.29 is 9.59 Å². The van der Waals surface area contributed by atoms with Gasteiger partial charge >= 0.3 is 0 Å². The summed E-state index contributed by atoms with van der Waals surface area (Å²) in [5.74, 6) is -0.281. The van der Waals surface area contributed by atoms with E-state index in [1.807, 2.05) is 79.7 Å². The van der Waals surface area contributed by atoms with Crippen LogP contribution in [0.15, 0.2) is 78.9 Å². The molecule has 0 aromatic heterocycles. The van der Waals surface area contributed by atoms with E-state index in [1.165, 1.54) is 0 Å². The molecule has 3 aromatic rings. The standard InChI is InChI=1S/C27H28Cl2N2O2/c1-2-30-27(33)25(18-20-9-4-3-5-10-20)31(19-21-11-8-13-23(28)17-21)26(32)16-15-22-12-6-7-14-24(22)29/h3-14,17,25H,2,15-16,18-19H2,1H3,(H,30,33). The Labute approximate surface area is 205 Å². The number of nitrogens with one attached hydrogen (secondary N) is 1. The van der Waals surface area contributed by atoms with Gasteiger partial charge in [-0.05, 0) is 48.2 Å². The summed E-state index contributed by atoms with van der Waals surface area (Å²) in [6.45, 7) is 2.65. The SMILES string of the molecule is CCNC(=O)C(Cc1ccccc1)N(Cc1cccc(Cl)c1)C(=O)CCc1ccccc1Cl. The first kappa shape index (κ1) is 24.8. The van der Waals surface area contributed by atoms with Crippen LogP contribution in [-0.4, -0.2) is 29.3 Å². The van der Waals surface area contributed by atoms with E-state index in [-0.39, 0.29) is 24.8 Å². The van der Waals surface area contributed by atoms with Crippen LogP contribution in [0, 0.1) is 0 Å². The smallest absolute Gasteiger partial charge is 0.243 e. The van der Waals surface area contributed by atoms with Crippen LogP contribution in [0.2, 0.25) is 10.0 Å². The summed E-state index contributed by atoms with van der Waals surface area (Å²) in [4.78, 5) is 28.3. The monoisotopic (exact) mass is 482 g/mol. The molecule has 0 radical (unpaired) electrons. The predicted octanol–water partition coefficient (Wildman–Crippen LogP) is 5.70. The van der Waals surface area contributed by atoms with Crippen molar-refractivity contribution in [3.8, 4) is 0 Å². The van der Waals surface area contributed by atoms with Gasteiger partial charge in [0, 0.05) is 36.0 Å². The van der Waals surface area contributed by atoms with Crippen molar-refractivity contribution in [1.82, 2.24) is 10.2 Å². The molecule has 3 aromatic carbocycles. The second-order valence-corrected chi connectivity index (χ2v) is 8.69. The van der Waals surface area contributed by atoms with E-state index in [1.54, 1.807) is 11.0 Å². The fraction of sp³-hybridized carbons (Fsp3) is 0.259. The molecular formula is C27H28Cl2N2O2. The van der Waals surface area contributed by atoms with Gasteiger partial charge in [-0.2, -0.15) is 0 Å². The Morgan fingerprint density at radius 3 is 2.30 bits per heavy atom. The Bertz CT molecular complexity index is 1070. The Morgan fingerprint density at radius 2 is 1.61 bits per heavy atom. The molecule has 0 saturated carbocycles. The number of carbonyl (C=O) groups excluding carboxylic acids is 2. The zero-order valence-corrected chi connectivity index (χ0v) is 20.1. The third kappa shape index (κ3) is 7.34. The van der Waals surface area contributed by atoms with Gasteiger partial charge in [-0.3, -0.25) is 9.59 Å². The van der Waals surface area contributed by atoms with Crippen LogP contribution < -0.4 is 5.32 Å². The van der Waals surface area contributed by atoms with E-state index in [0.717, 1.165) is 16.7 Å². The number of amides is 2. The quantitative estimate of drug-likeness (QED) is 0.402. The molecule has 0 aliphatic rings. The van der Waals surface area contributed by atoms with Crippen molar-refractivity contribution in [3.63, 3.8) is 0 Å². The third-order valence-electron chi connectivity index (χ3n) is 5.43. The number of hydrogen-bond donors (Lipinski definition) is 1. The van der Waals surface area contributed by atoms with Crippen LogP contribution in [0.4, 0.5) is 0 Å². The average Bonchev–Trinajstić information content (AvgIpc) is 2.81. The molecular weight excluding hydrogens is 455 g/mol. The number of hydrogen-bond acceptors (Lipinski definition) is 2. The molecule has 0 heterocycles. The Balaban J connectivity index is 1.90. The molecule has 3 rings (SSSR count). The van der Waals surface area contributed by atoms with Crippen molar-refractivity contribution in [3.05, 3.63) is 106 Å². The van der Waals surface area contributed by atoms with Crippen LogP contribution in [-0.2, 0) is 29.0 Å². The van der Waals surface area contributed by atoms with Gasteiger partial charge in [0.25, 0.3) is 0 Å². The minimum atomic E-state index is -0.648. The molecule has 0 spiro atoms. The van der Waals surface area contributed by atoms with Crippen LogP contribution in [0.5, 0.6) is 0 Å².